The summed E-state index contributed by atoms with van der Waals surface area (Å²) in [6.45, 7) is 1.99. The van der Waals surface area contributed by atoms with Crippen LogP contribution in [0.25, 0.3) is 0 Å². The molecular weight excluding hydrogens is 288 g/mol. The quantitative estimate of drug-likeness (QED) is 0.594. The van der Waals surface area contributed by atoms with Crippen molar-refractivity contribution in [3.05, 3.63) is 29.8 Å². The van der Waals surface area contributed by atoms with E-state index in [1.54, 1.807) is 12.1 Å². The van der Waals surface area contributed by atoms with Crippen LogP contribution < -0.4 is 11.1 Å². The predicted octanol–water partition coefficient (Wildman–Crippen LogP) is 1.85. The van der Waals surface area contributed by atoms with Gasteiger partial charge in [0.1, 0.15) is 4.99 Å². The first-order chi connectivity index (χ1) is 10.2. The Balaban J connectivity index is 1.73. The lowest BCUT2D eigenvalue weighted by atomic mass is 10.1. The number of hydrogen-bond donors (Lipinski definition) is 2. The number of carbonyl (C=O) groups is 1. The summed E-state index contributed by atoms with van der Waals surface area (Å²) in [5, 5.41) is 2.83. The molecule has 0 bridgehead atoms. The van der Waals surface area contributed by atoms with Gasteiger partial charge in [0, 0.05) is 25.2 Å². The van der Waals surface area contributed by atoms with E-state index in [9.17, 15) is 4.79 Å². The van der Waals surface area contributed by atoms with Crippen LogP contribution in [-0.4, -0.2) is 36.8 Å². The molecule has 0 aliphatic carbocycles. The number of hydrogen-bond acceptors (Lipinski definition) is 4. The van der Waals surface area contributed by atoms with Crippen LogP contribution in [-0.2, 0) is 14.3 Å². The van der Waals surface area contributed by atoms with Gasteiger partial charge in [0.05, 0.1) is 18.4 Å². The minimum atomic E-state index is -0.0648. The Morgan fingerprint density at radius 1 is 1.48 bits per heavy atom. The zero-order valence-electron chi connectivity index (χ0n) is 11.8. The highest BCUT2D eigenvalue weighted by Gasteiger charge is 2.15. The third-order valence-electron chi connectivity index (χ3n) is 3.26. The first-order valence-corrected chi connectivity index (χ1v) is 7.45. The Morgan fingerprint density at radius 3 is 3.00 bits per heavy atom. The summed E-state index contributed by atoms with van der Waals surface area (Å²) < 4.78 is 10.8. The Hall–Kier alpha value is -1.50. The first-order valence-electron chi connectivity index (χ1n) is 7.05. The van der Waals surface area contributed by atoms with Crippen molar-refractivity contribution in [2.24, 2.45) is 5.73 Å². The molecule has 0 spiro atoms. The molecule has 1 aliphatic heterocycles. The molecule has 0 saturated carbocycles. The molecule has 1 amide bonds. The highest BCUT2D eigenvalue weighted by Crippen LogP contribution is 2.15. The summed E-state index contributed by atoms with van der Waals surface area (Å²) in [6.07, 6.45) is 2.20. The summed E-state index contributed by atoms with van der Waals surface area (Å²) in [4.78, 5) is 12.2. The molecule has 6 heteroatoms. The van der Waals surface area contributed by atoms with Crippen LogP contribution in [0.2, 0.25) is 0 Å². The molecule has 1 fully saturated rings. The van der Waals surface area contributed by atoms with Crippen LogP contribution >= 0.6 is 12.2 Å². The molecule has 1 heterocycles. The van der Waals surface area contributed by atoms with E-state index >= 15 is 0 Å². The summed E-state index contributed by atoms with van der Waals surface area (Å²) in [5.74, 6) is -0.0648. The maximum absolute atomic E-state index is 11.9. The number of nitrogens with one attached hydrogen (secondary N) is 1. The van der Waals surface area contributed by atoms with Gasteiger partial charge in [0.25, 0.3) is 0 Å². The molecule has 1 aromatic rings. The maximum atomic E-state index is 11.9. The van der Waals surface area contributed by atoms with E-state index in [2.05, 4.69) is 5.32 Å². The molecular formula is C15H20N2O3S. The molecule has 0 radical (unpaired) electrons. The zero-order chi connectivity index (χ0) is 15.1. The lowest BCUT2D eigenvalue weighted by molar-refractivity contribution is -0.116. The summed E-state index contributed by atoms with van der Waals surface area (Å²) in [5.41, 5.74) is 6.96. The second-order valence-corrected chi connectivity index (χ2v) is 5.36. The number of benzene rings is 1. The summed E-state index contributed by atoms with van der Waals surface area (Å²) >= 11 is 4.96. The zero-order valence-corrected chi connectivity index (χ0v) is 12.7. The molecule has 21 heavy (non-hydrogen) atoms. The van der Waals surface area contributed by atoms with Crippen LogP contribution in [0.5, 0.6) is 0 Å². The number of ether oxygens (including phenoxy) is 2. The number of anilines is 1. The van der Waals surface area contributed by atoms with E-state index in [-0.39, 0.29) is 17.0 Å². The SMILES string of the molecule is NC(=S)c1ccccc1NC(=O)CCCOC1CCOC1. The number of rotatable bonds is 7. The van der Waals surface area contributed by atoms with Crippen molar-refractivity contribution < 1.29 is 14.3 Å². The minimum absolute atomic E-state index is 0.0648. The number of para-hydroxylation sites is 1. The lowest BCUT2D eigenvalue weighted by Gasteiger charge is -2.11. The molecule has 114 valence electrons. The topological polar surface area (TPSA) is 73.6 Å². The van der Waals surface area contributed by atoms with Crippen molar-refractivity contribution in [2.75, 3.05) is 25.1 Å². The highest BCUT2D eigenvalue weighted by molar-refractivity contribution is 7.80. The third-order valence-corrected chi connectivity index (χ3v) is 3.48. The number of nitrogens with two attached hydrogens (primary N) is 1. The number of carbonyl (C=O) groups excluding carboxylic acids is 1. The Morgan fingerprint density at radius 2 is 2.29 bits per heavy atom. The lowest BCUT2D eigenvalue weighted by Crippen LogP contribution is -2.18. The van der Waals surface area contributed by atoms with Crippen molar-refractivity contribution >= 4 is 28.8 Å². The normalized spacial score (nSPS) is 17.6. The fourth-order valence-electron chi connectivity index (χ4n) is 2.15. The molecule has 1 saturated heterocycles. The van der Waals surface area contributed by atoms with Crippen LogP contribution in [0.3, 0.4) is 0 Å². The minimum Gasteiger partial charge on any atom is -0.389 e. The van der Waals surface area contributed by atoms with Gasteiger partial charge in [-0.05, 0) is 25.0 Å². The van der Waals surface area contributed by atoms with Gasteiger partial charge in [-0.3, -0.25) is 4.79 Å². The predicted molar refractivity (Wildman–Crippen MR) is 85.4 cm³/mol. The van der Waals surface area contributed by atoms with Gasteiger partial charge in [-0.2, -0.15) is 0 Å². The van der Waals surface area contributed by atoms with Crippen LogP contribution in [0.1, 0.15) is 24.8 Å². The smallest absolute Gasteiger partial charge is 0.224 e. The van der Waals surface area contributed by atoms with E-state index in [1.807, 2.05) is 12.1 Å². The Kier molecular flexibility index (Phi) is 6.10. The van der Waals surface area contributed by atoms with Crippen molar-refractivity contribution in [3.63, 3.8) is 0 Å². The van der Waals surface area contributed by atoms with Gasteiger partial charge in [-0.1, -0.05) is 24.4 Å². The van der Waals surface area contributed by atoms with Crippen LogP contribution in [0.4, 0.5) is 5.69 Å². The van der Waals surface area contributed by atoms with Crippen LogP contribution in [0, 0.1) is 0 Å². The maximum Gasteiger partial charge on any atom is 0.224 e. The average molecular weight is 308 g/mol. The summed E-state index contributed by atoms with van der Waals surface area (Å²) in [7, 11) is 0. The molecule has 1 aliphatic rings. The average Bonchev–Trinajstić information content (AvgIpc) is 2.97. The molecule has 3 N–H and O–H groups in total. The molecule has 0 aromatic heterocycles. The molecule has 2 rings (SSSR count). The molecule has 1 aromatic carbocycles. The van der Waals surface area contributed by atoms with Crippen molar-refractivity contribution in [3.8, 4) is 0 Å². The van der Waals surface area contributed by atoms with Gasteiger partial charge < -0.3 is 20.5 Å². The van der Waals surface area contributed by atoms with Gasteiger partial charge in [0.15, 0.2) is 0 Å². The largest absolute Gasteiger partial charge is 0.389 e. The van der Waals surface area contributed by atoms with E-state index < -0.39 is 0 Å². The van der Waals surface area contributed by atoms with E-state index in [0.717, 1.165) is 13.0 Å². The fraction of sp³-hybridized carbons (Fsp3) is 0.467. The standard InChI is InChI=1S/C15H20N2O3S/c16-15(21)12-4-1-2-5-13(12)17-14(18)6-3-8-20-11-7-9-19-10-11/h1-2,4-5,11H,3,6-10H2,(H2,16,21)(H,17,18). The van der Waals surface area contributed by atoms with Crippen molar-refractivity contribution in [2.45, 2.75) is 25.4 Å². The van der Waals surface area contributed by atoms with E-state index in [0.29, 0.717) is 37.3 Å². The fourth-order valence-corrected chi connectivity index (χ4v) is 2.32. The highest BCUT2D eigenvalue weighted by atomic mass is 32.1. The van der Waals surface area contributed by atoms with Gasteiger partial charge in [0.2, 0.25) is 5.91 Å². The van der Waals surface area contributed by atoms with Gasteiger partial charge in [-0.15, -0.1) is 0 Å². The van der Waals surface area contributed by atoms with Crippen molar-refractivity contribution in [1.29, 1.82) is 0 Å². The van der Waals surface area contributed by atoms with Crippen LogP contribution in [0.15, 0.2) is 24.3 Å². The molecule has 5 nitrogen and oxygen atoms in total. The van der Waals surface area contributed by atoms with E-state index in [4.69, 9.17) is 27.4 Å². The Bertz CT molecular complexity index is 501. The second kappa shape index (κ2) is 8.07. The first kappa shape index (κ1) is 15.9. The van der Waals surface area contributed by atoms with Gasteiger partial charge >= 0.3 is 0 Å². The summed E-state index contributed by atoms with van der Waals surface area (Å²) in [6, 6.07) is 7.25. The monoisotopic (exact) mass is 308 g/mol. The molecule has 1 atom stereocenters. The number of amides is 1. The number of thiocarbonyl (C=S) groups is 1. The molecule has 1 unspecified atom stereocenters. The third kappa shape index (κ3) is 5.08. The van der Waals surface area contributed by atoms with E-state index in [1.165, 1.54) is 0 Å². The Labute approximate surface area is 129 Å². The van der Waals surface area contributed by atoms with Crippen molar-refractivity contribution in [1.82, 2.24) is 0 Å². The second-order valence-electron chi connectivity index (χ2n) is 4.92. The van der Waals surface area contributed by atoms with Gasteiger partial charge in [-0.25, -0.2) is 0 Å².